The van der Waals surface area contributed by atoms with Gasteiger partial charge in [0.2, 0.25) is 0 Å². The standard InChI is InChI=1S/C22H32BNO5/c1-8-27-20(26)19-16(13(2)11-12-25)15-10-9-14(3)17(18(15)24-19)23-28-21(4,5)22(6,7)29-23/h9-10,13,24-25H,8,11-12H2,1-7H3. The summed E-state index contributed by atoms with van der Waals surface area (Å²) in [5.74, 6) is -0.400. The lowest BCUT2D eigenvalue weighted by Crippen LogP contribution is -2.41. The predicted molar refractivity (Wildman–Crippen MR) is 115 cm³/mol. The Morgan fingerprint density at radius 2 is 1.86 bits per heavy atom. The molecule has 2 aromatic rings. The lowest BCUT2D eigenvalue weighted by Gasteiger charge is -2.32. The lowest BCUT2D eigenvalue weighted by atomic mass is 9.74. The molecule has 1 aromatic heterocycles. The number of hydrogen-bond donors (Lipinski definition) is 2. The SMILES string of the molecule is CCOC(=O)c1[nH]c2c(B3OC(C)(C)C(C)(C)O3)c(C)ccc2c1C(C)CCO. The van der Waals surface area contributed by atoms with Crippen LogP contribution in [0.2, 0.25) is 0 Å². The van der Waals surface area contributed by atoms with Gasteiger partial charge >= 0.3 is 13.1 Å². The van der Waals surface area contributed by atoms with Crippen molar-refractivity contribution < 1.29 is 23.9 Å². The molecular formula is C22H32BNO5. The van der Waals surface area contributed by atoms with E-state index in [1.165, 1.54) is 0 Å². The first-order valence-electron chi connectivity index (χ1n) is 10.3. The Balaban J connectivity index is 2.21. The third-order valence-corrected chi connectivity index (χ3v) is 6.30. The highest BCUT2D eigenvalue weighted by molar-refractivity contribution is 6.65. The van der Waals surface area contributed by atoms with Gasteiger partial charge in [-0.1, -0.05) is 19.1 Å². The number of aliphatic hydroxyl groups is 1. The fourth-order valence-corrected chi connectivity index (χ4v) is 3.89. The summed E-state index contributed by atoms with van der Waals surface area (Å²) in [5.41, 5.74) is 3.12. The molecule has 3 rings (SSSR count). The molecule has 158 valence electrons. The predicted octanol–water partition coefficient (Wildman–Crippen LogP) is 3.44. The van der Waals surface area contributed by atoms with Gasteiger partial charge in [-0.2, -0.15) is 0 Å². The Hall–Kier alpha value is -1.83. The average molecular weight is 401 g/mol. The van der Waals surface area contributed by atoms with E-state index < -0.39 is 18.3 Å². The summed E-state index contributed by atoms with van der Waals surface area (Å²) in [5, 5.41) is 10.4. The van der Waals surface area contributed by atoms with Gasteiger partial charge in [0.25, 0.3) is 0 Å². The first-order valence-corrected chi connectivity index (χ1v) is 10.3. The monoisotopic (exact) mass is 401 g/mol. The number of fused-ring (bicyclic) bond motifs is 1. The van der Waals surface area contributed by atoms with E-state index in [0.29, 0.717) is 18.7 Å². The molecule has 1 fully saturated rings. The molecule has 0 amide bonds. The van der Waals surface area contributed by atoms with Crippen molar-refractivity contribution in [3.63, 3.8) is 0 Å². The summed E-state index contributed by atoms with van der Waals surface area (Å²) in [4.78, 5) is 16.0. The highest BCUT2D eigenvalue weighted by Crippen LogP contribution is 2.38. The number of aryl methyl sites for hydroxylation is 1. The lowest BCUT2D eigenvalue weighted by molar-refractivity contribution is 0.00578. The van der Waals surface area contributed by atoms with Crippen LogP contribution in [0.1, 0.15) is 75.5 Å². The second-order valence-electron chi connectivity index (χ2n) is 8.85. The quantitative estimate of drug-likeness (QED) is 0.573. The zero-order chi connectivity index (χ0) is 21.6. The average Bonchev–Trinajstić information content (AvgIpc) is 3.09. The van der Waals surface area contributed by atoms with Gasteiger partial charge in [-0.15, -0.1) is 0 Å². The van der Waals surface area contributed by atoms with Crippen LogP contribution < -0.4 is 5.46 Å². The maximum Gasteiger partial charge on any atom is 0.497 e. The van der Waals surface area contributed by atoms with Crippen LogP contribution >= 0.6 is 0 Å². The number of ether oxygens (including phenoxy) is 1. The van der Waals surface area contributed by atoms with E-state index in [-0.39, 0.29) is 18.5 Å². The second-order valence-corrected chi connectivity index (χ2v) is 8.85. The van der Waals surface area contributed by atoms with Crippen molar-refractivity contribution in [1.29, 1.82) is 0 Å². The molecule has 0 bridgehead atoms. The molecule has 1 aromatic carbocycles. The fraction of sp³-hybridized carbons (Fsp3) is 0.591. The molecule has 1 saturated heterocycles. The highest BCUT2D eigenvalue weighted by atomic mass is 16.7. The van der Waals surface area contributed by atoms with Crippen molar-refractivity contribution in [2.75, 3.05) is 13.2 Å². The van der Waals surface area contributed by atoms with Gasteiger partial charge in [-0.05, 0) is 65.0 Å². The minimum Gasteiger partial charge on any atom is -0.461 e. The highest BCUT2D eigenvalue weighted by Gasteiger charge is 2.52. The molecule has 1 aliphatic heterocycles. The van der Waals surface area contributed by atoms with Crippen LogP contribution in [0.15, 0.2) is 12.1 Å². The summed E-state index contributed by atoms with van der Waals surface area (Å²) in [6.45, 7) is 14.3. The fourth-order valence-electron chi connectivity index (χ4n) is 3.89. The topological polar surface area (TPSA) is 80.8 Å². The molecule has 7 heteroatoms. The number of hydrogen-bond acceptors (Lipinski definition) is 5. The number of esters is 1. The number of nitrogens with one attached hydrogen (secondary N) is 1. The van der Waals surface area contributed by atoms with Crippen molar-refractivity contribution in [2.24, 2.45) is 0 Å². The Morgan fingerprint density at radius 3 is 2.41 bits per heavy atom. The third-order valence-electron chi connectivity index (χ3n) is 6.30. The number of rotatable bonds is 6. The maximum atomic E-state index is 12.7. The molecule has 6 nitrogen and oxygen atoms in total. The van der Waals surface area contributed by atoms with Crippen molar-refractivity contribution in [3.05, 3.63) is 29.0 Å². The van der Waals surface area contributed by atoms with E-state index >= 15 is 0 Å². The molecular weight excluding hydrogens is 369 g/mol. The molecule has 0 radical (unpaired) electrons. The van der Waals surface area contributed by atoms with E-state index in [1.54, 1.807) is 6.92 Å². The van der Waals surface area contributed by atoms with Crippen molar-refractivity contribution in [1.82, 2.24) is 4.98 Å². The molecule has 0 saturated carbocycles. The molecule has 1 atom stereocenters. The van der Waals surface area contributed by atoms with Gasteiger partial charge in [0.1, 0.15) is 5.69 Å². The normalized spacial score (nSPS) is 19.0. The van der Waals surface area contributed by atoms with Crippen molar-refractivity contribution >= 4 is 29.5 Å². The number of H-pyrrole nitrogens is 1. The van der Waals surface area contributed by atoms with Crippen LogP contribution in [0.4, 0.5) is 0 Å². The van der Waals surface area contributed by atoms with Gasteiger partial charge < -0.3 is 24.1 Å². The number of aromatic amines is 1. The first-order chi connectivity index (χ1) is 13.5. The van der Waals surface area contributed by atoms with Crippen LogP contribution in [0, 0.1) is 6.92 Å². The molecule has 2 heterocycles. The zero-order valence-electron chi connectivity index (χ0n) is 18.5. The summed E-state index contributed by atoms with van der Waals surface area (Å²) >= 11 is 0. The molecule has 1 aliphatic rings. The molecule has 29 heavy (non-hydrogen) atoms. The Kier molecular flexibility index (Phi) is 5.87. The summed E-state index contributed by atoms with van der Waals surface area (Å²) in [7, 11) is -0.543. The summed E-state index contributed by atoms with van der Waals surface area (Å²) in [6, 6.07) is 4.04. The van der Waals surface area contributed by atoms with Gasteiger partial charge in [-0.25, -0.2) is 4.79 Å². The van der Waals surface area contributed by atoms with E-state index in [2.05, 4.69) is 4.98 Å². The van der Waals surface area contributed by atoms with E-state index in [9.17, 15) is 9.90 Å². The van der Waals surface area contributed by atoms with Crippen LogP contribution in [-0.2, 0) is 14.0 Å². The van der Waals surface area contributed by atoms with Gasteiger partial charge in [-0.3, -0.25) is 0 Å². The van der Waals surface area contributed by atoms with Gasteiger partial charge in [0.05, 0.1) is 17.8 Å². The molecule has 1 unspecified atom stereocenters. The Bertz CT molecular complexity index is 902. The minimum absolute atomic E-state index is 0.0120. The van der Waals surface area contributed by atoms with Crippen LogP contribution in [0.3, 0.4) is 0 Å². The van der Waals surface area contributed by atoms with Crippen LogP contribution in [-0.4, -0.2) is 47.6 Å². The van der Waals surface area contributed by atoms with E-state index in [1.807, 2.05) is 53.7 Å². The Morgan fingerprint density at radius 1 is 1.24 bits per heavy atom. The van der Waals surface area contributed by atoms with Crippen molar-refractivity contribution in [3.8, 4) is 0 Å². The number of carbonyl (C=O) groups is 1. The van der Waals surface area contributed by atoms with Gasteiger partial charge in [0, 0.05) is 23.0 Å². The minimum atomic E-state index is -0.543. The van der Waals surface area contributed by atoms with Crippen LogP contribution in [0.25, 0.3) is 10.9 Å². The zero-order valence-corrected chi connectivity index (χ0v) is 18.5. The smallest absolute Gasteiger partial charge is 0.461 e. The second kappa shape index (κ2) is 7.78. The molecule has 0 spiro atoms. The largest absolute Gasteiger partial charge is 0.497 e. The Labute approximate surface area is 173 Å². The first kappa shape index (κ1) is 21.9. The summed E-state index contributed by atoms with van der Waals surface area (Å²) in [6.07, 6.45) is 0.555. The van der Waals surface area contributed by atoms with E-state index in [0.717, 1.165) is 27.5 Å². The van der Waals surface area contributed by atoms with Crippen LogP contribution in [0.5, 0.6) is 0 Å². The van der Waals surface area contributed by atoms with E-state index in [4.69, 9.17) is 14.0 Å². The number of benzene rings is 1. The van der Waals surface area contributed by atoms with Crippen molar-refractivity contribution in [2.45, 2.75) is 72.0 Å². The number of aliphatic hydroxyl groups excluding tert-OH is 1. The molecule has 0 aliphatic carbocycles. The maximum absolute atomic E-state index is 12.7. The molecule has 2 N–H and O–H groups in total. The number of carbonyl (C=O) groups excluding carboxylic acids is 1. The number of aromatic nitrogens is 1. The summed E-state index contributed by atoms with van der Waals surface area (Å²) < 4.78 is 17.9. The van der Waals surface area contributed by atoms with Gasteiger partial charge in [0.15, 0.2) is 0 Å². The third kappa shape index (κ3) is 3.71.